The minimum atomic E-state index is -5.02. The summed E-state index contributed by atoms with van der Waals surface area (Å²) in [5.74, 6) is -0.209. The van der Waals surface area contributed by atoms with Crippen LogP contribution < -0.4 is 0 Å². The van der Waals surface area contributed by atoms with Crippen molar-refractivity contribution in [1.82, 2.24) is 0 Å². The van der Waals surface area contributed by atoms with Gasteiger partial charge in [-0.1, -0.05) is 47.2 Å². The average molecular weight is 498 g/mol. The maximum Gasteiger partial charge on any atom is 0.416 e. The summed E-state index contributed by atoms with van der Waals surface area (Å²) in [5, 5.41) is 14.3. The SMILES string of the molecule is O=C(C=C1C=CC(=NOS(=O)(=O)c2cc([N+](=O)[O-])cc(C(F)(F)F)c2)S1)Cc1ccccc1. The Balaban J connectivity index is 1.73. The minimum absolute atomic E-state index is 0.0128. The van der Waals surface area contributed by atoms with Crippen molar-refractivity contribution < 1.29 is 35.6 Å². The molecule has 0 radical (unpaired) electrons. The van der Waals surface area contributed by atoms with Gasteiger partial charge in [0.2, 0.25) is 0 Å². The predicted molar refractivity (Wildman–Crippen MR) is 114 cm³/mol. The van der Waals surface area contributed by atoms with Crippen molar-refractivity contribution in [3.8, 4) is 0 Å². The van der Waals surface area contributed by atoms with Crippen molar-refractivity contribution in [2.75, 3.05) is 0 Å². The first kappa shape index (κ1) is 24.2. The van der Waals surface area contributed by atoms with Crippen LogP contribution in [-0.2, 0) is 31.8 Å². The third kappa shape index (κ3) is 6.52. The molecule has 0 aliphatic carbocycles. The molecular weight excluding hydrogens is 485 g/mol. The van der Waals surface area contributed by atoms with Gasteiger partial charge in [-0.2, -0.15) is 21.6 Å². The molecule has 0 atom stereocenters. The molecule has 172 valence electrons. The lowest BCUT2D eigenvalue weighted by Gasteiger charge is -2.08. The molecule has 0 N–H and O–H groups in total. The predicted octanol–water partition coefficient (Wildman–Crippen LogP) is 4.63. The fraction of sp³-hybridized carbons (Fsp3) is 0.100. The number of carbonyl (C=O) groups excluding carboxylic acids is 1. The van der Waals surface area contributed by atoms with Crippen LogP contribution in [0.25, 0.3) is 0 Å². The summed E-state index contributed by atoms with van der Waals surface area (Å²) in [6, 6.07) is 9.85. The van der Waals surface area contributed by atoms with Crippen molar-refractivity contribution in [2.45, 2.75) is 17.5 Å². The van der Waals surface area contributed by atoms with Gasteiger partial charge in [-0.3, -0.25) is 19.2 Å². The Bertz CT molecular complexity index is 1290. The highest BCUT2D eigenvalue weighted by atomic mass is 32.2. The van der Waals surface area contributed by atoms with E-state index in [9.17, 15) is 36.5 Å². The molecule has 1 aliphatic heterocycles. The highest BCUT2D eigenvalue weighted by Crippen LogP contribution is 2.34. The zero-order chi connectivity index (χ0) is 24.2. The molecule has 0 fully saturated rings. The van der Waals surface area contributed by atoms with Gasteiger partial charge in [0.05, 0.1) is 10.5 Å². The van der Waals surface area contributed by atoms with E-state index in [1.165, 1.54) is 18.2 Å². The van der Waals surface area contributed by atoms with Gasteiger partial charge < -0.3 is 0 Å². The maximum absolute atomic E-state index is 13.0. The van der Waals surface area contributed by atoms with Crippen LogP contribution in [0, 0.1) is 10.1 Å². The van der Waals surface area contributed by atoms with E-state index >= 15 is 0 Å². The number of nitro groups is 1. The summed E-state index contributed by atoms with van der Waals surface area (Å²) in [6.07, 6.45) is -0.697. The number of benzene rings is 2. The molecule has 0 saturated carbocycles. The molecule has 0 spiro atoms. The summed E-state index contributed by atoms with van der Waals surface area (Å²) in [5.41, 5.74) is -1.79. The van der Waals surface area contributed by atoms with Gasteiger partial charge in [0.1, 0.15) is 9.94 Å². The fourth-order valence-corrected chi connectivity index (χ4v) is 4.23. The lowest BCUT2D eigenvalue weighted by molar-refractivity contribution is -0.385. The Kier molecular flexibility index (Phi) is 7.03. The van der Waals surface area contributed by atoms with Crippen LogP contribution in [0.15, 0.2) is 81.7 Å². The summed E-state index contributed by atoms with van der Waals surface area (Å²) >= 11 is 0.902. The largest absolute Gasteiger partial charge is 0.416 e. The number of rotatable bonds is 7. The van der Waals surface area contributed by atoms with Gasteiger partial charge in [-0.25, -0.2) is 0 Å². The topological polar surface area (TPSA) is 116 Å². The molecule has 1 aliphatic rings. The standard InChI is InChI=1S/C20H13F3N2O6S2/c21-20(22,23)14-9-15(25(27)28)11-18(10-14)33(29,30)31-24-19-7-6-17(32-19)12-16(26)8-13-4-2-1-3-5-13/h1-7,9-12H,8H2. The zero-order valence-corrected chi connectivity index (χ0v) is 18.0. The Morgan fingerprint density at radius 1 is 1.15 bits per heavy atom. The number of hydrogen-bond donors (Lipinski definition) is 0. The second-order valence-electron chi connectivity index (χ2n) is 6.54. The van der Waals surface area contributed by atoms with E-state index in [1.54, 1.807) is 24.3 Å². The van der Waals surface area contributed by atoms with Gasteiger partial charge in [-0.05, 0) is 29.9 Å². The third-order valence-corrected chi connectivity index (χ3v) is 6.07. The number of halogens is 3. The maximum atomic E-state index is 13.0. The van der Waals surface area contributed by atoms with Crippen LogP contribution in [-0.4, -0.2) is 24.2 Å². The van der Waals surface area contributed by atoms with Crippen molar-refractivity contribution >= 4 is 38.4 Å². The fourth-order valence-electron chi connectivity index (χ4n) is 2.60. The van der Waals surface area contributed by atoms with E-state index < -0.39 is 37.4 Å². The highest BCUT2D eigenvalue weighted by molar-refractivity contribution is 8.18. The number of thioether (sulfide) groups is 1. The Labute approximate surface area is 189 Å². The third-order valence-electron chi connectivity index (χ3n) is 4.08. The molecule has 0 saturated heterocycles. The molecule has 1 heterocycles. The summed E-state index contributed by atoms with van der Waals surface area (Å²) in [4.78, 5) is 21.3. The Hall–Kier alpha value is -3.45. The Morgan fingerprint density at radius 3 is 2.48 bits per heavy atom. The van der Waals surface area contributed by atoms with Crippen molar-refractivity contribution in [3.05, 3.63) is 92.9 Å². The quantitative estimate of drug-likeness (QED) is 0.310. The first-order chi connectivity index (χ1) is 15.4. The van der Waals surface area contributed by atoms with E-state index in [0.29, 0.717) is 11.0 Å². The first-order valence-electron chi connectivity index (χ1n) is 8.97. The second-order valence-corrected chi connectivity index (χ2v) is 9.16. The van der Waals surface area contributed by atoms with Gasteiger partial charge in [0, 0.05) is 23.5 Å². The lowest BCUT2D eigenvalue weighted by Crippen LogP contribution is -2.10. The number of alkyl halides is 3. The molecule has 0 aromatic heterocycles. The number of carbonyl (C=O) groups is 1. The van der Waals surface area contributed by atoms with E-state index in [1.807, 2.05) is 6.07 Å². The van der Waals surface area contributed by atoms with Crippen LogP contribution in [0.2, 0.25) is 0 Å². The minimum Gasteiger partial charge on any atom is -0.294 e. The van der Waals surface area contributed by atoms with Crippen LogP contribution in [0.5, 0.6) is 0 Å². The Morgan fingerprint density at radius 2 is 1.85 bits per heavy atom. The van der Waals surface area contributed by atoms with Crippen molar-refractivity contribution in [2.24, 2.45) is 5.16 Å². The number of nitro benzene ring substituents is 1. The molecule has 0 bridgehead atoms. The average Bonchev–Trinajstić information content (AvgIpc) is 3.19. The van der Waals surface area contributed by atoms with E-state index in [-0.39, 0.29) is 29.4 Å². The highest BCUT2D eigenvalue weighted by Gasteiger charge is 2.35. The van der Waals surface area contributed by atoms with Crippen LogP contribution in [0.3, 0.4) is 0 Å². The lowest BCUT2D eigenvalue weighted by atomic mass is 10.1. The molecule has 0 unspecified atom stereocenters. The molecule has 33 heavy (non-hydrogen) atoms. The molecule has 13 heteroatoms. The van der Waals surface area contributed by atoms with E-state index in [0.717, 1.165) is 17.3 Å². The zero-order valence-electron chi connectivity index (χ0n) is 16.4. The first-order valence-corrected chi connectivity index (χ1v) is 11.2. The molecule has 2 aromatic rings. The van der Waals surface area contributed by atoms with Crippen LogP contribution in [0.1, 0.15) is 11.1 Å². The van der Waals surface area contributed by atoms with Gasteiger partial charge in [0.15, 0.2) is 5.78 Å². The van der Waals surface area contributed by atoms with Crippen molar-refractivity contribution in [3.63, 3.8) is 0 Å². The smallest absolute Gasteiger partial charge is 0.294 e. The molecular formula is C20H13F3N2O6S2. The van der Waals surface area contributed by atoms with Crippen LogP contribution in [0.4, 0.5) is 18.9 Å². The number of allylic oxidation sites excluding steroid dienone is 2. The van der Waals surface area contributed by atoms with Crippen LogP contribution >= 0.6 is 11.8 Å². The summed E-state index contributed by atoms with van der Waals surface area (Å²) < 4.78 is 68.0. The number of nitrogens with zero attached hydrogens (tertiary/aromatic N) is 2. The van der Waals surface area contributed by atoms with E-state index in [4.69, 9.17) is 0 Å². The molecule has 8 nitrogen and oxygen atoms in total. The number of non-ortho nitro benzene ring substituents is 1. The number of oxime groups is 1. The molecule has 2 aromatic carbocycles. The van der Waals surface area contributed by atoms with E-state index in [2.05, 4.69) is 9.44 Å². The molecule has 3 rings (SSSR count). The van der Waals surface area contributed by atoms with Gasteiger partial charge in [-0.15, -0.1) is 0 Å². The van der Waals surface area contributed by atoms with Crippen molar-refractivity contribution in [1.29, 1.82) is 0 Å². The number of hydrogen-bond acceptors (Lipinski definition) is 8. The normalized spacial score (nSPS) is 16.3. The number of ketones is 1. The monoisotopic (exact) mass is 498 g/mol. The molecule has 0 amide bonds. The van der Waals surface area contributed by atoms with Gasteiger partial charge in [0.25, 0.3) is 5.69 Å². The van der Waals surface area contributed by atoms with Gasteiger partial charge >= 0.3 is 16.3 Å². The second kappa shape index (κ2) is 9.58. The summed E-state index contributed by atoms with van der Waals surface area (Å²) in [6.45, 7) is 0. The summed E-state index contributed by atoms with van der Waals surface area (Å²) in [7, 11) is -4.89.